The highest BCUT2D eigenvalue weighted by atomic mass is 32.1. The molecule has 6 rings (SSSR count). The van der Waals surface area contributed by atoms with Crippen LogP contribution in [0.2, 0.25) is 0 Å². The molecule has 0 spiro atoms. The van der Waals surface area contributed by atoms with Crippen LogP contribution in [0.4, 0.5) is 0 Å². The summed E-state index contributed by atoms with van der Waals surface area (Å²) in [6, 6.07) is 13.5. The number of hydrogen-bond donors (Lipinski definition) is 0. The molecule has 4 aromatic heterocycles. The van der Waals surface area contributed by atoms with E-state index in [1.807, 2.05) is 59.8 Å². The summed E-state index contributed by atoms with van der Waals surface area (Å²) < 4.78 is 3.51. The van der Waals surface area contributed by atoms with E-state index < -0.39 is 0 Å². The standard InChI is InChI=1S/C29H29N7OS/c1-21-5-4-6-22(13-21)27-7-8-28(37)36(33-27)19-26-14-23(20-38-26)29-30-15-24(16-31-29)25-17-32-35(18-25)12-11-34-9-2-3-10-34/h4-8,13-18,20H,2-3,9-12,19H2,1H3. The van der Waals surface area contributed by atoms with Gasteiger partial charge < -0.3 is 4.90 Å². The molecule has 1 aliphatic heterocycles. The fourth-order valence-corrected chi connectivity index (χ4v) is 5.60. The molecule has 0 unspecified atom stereocenters. The smallest absolute Gasteiger partial charge is 0.267 e. The molecule has 1 saturated heterocycles. The summed E-state index contributed by atoms with van der Waals surface area (Å²) in [7, 11) is 0. The summed E-state index contributed by atoms with van der Waals surface area (Å²) >= 11 is 1.57. The lowest BCUT2D eigenvalue weighted by atomic mass is 10.1. The van der Waals surface area contributed by atoms with E-state index >= 15 is 0 Å². The third-order valence-corrected chi connectivity index (χ3v) is 7.78. The van der Waals surface area contributed by atoms with Crippen LogP contribution in [0, 0.1) is 6.92 Å². The summed E-state index contributed by atoms with van der Waals surface area (Å²) in [5.74, 6) is 0.659. The summed E-state index contributed by atoms with van der Waals surface area (Å²) in [5.41, 5.74) is 5.70. The second-order valence-electron chi connectivity index (χ2n) is 9.72. The second kappa shape index (κ2) is 10.8. The molecule has 0 atom stereocenters. The molecule has 0 amide bonds. The minimum Gasteiger partial charge on any atom is -0.301 e. The second-order valence-corrected chi connectivity index (χ2v) is 10.7. The van der Waals surface area contributed by atoms with Crippen LogP contribution in [-0.4, -0.2) is 54.1 Å². The molecule has 0 saturated carbocycles. The van der Waals surface area contributed by atoms with Gasteiger partial charge in [-0.15, -0.1) is 11.3 Å². The molecule has 5 heterocycles. The van der Waals surface area contributed by atoms with E-state index in [2.05, 4.69) is 37.3 Å². The highest BCUT2D eigenvalue weighted by Gasteiger charge is 2.12. The van der Waals surface area contributed by atoms with Crippen LogP contribution in [0.15, 0.2) is 77.4 Å². The largest absolute Gasteiger partial charge is 0.301 e. The Morgan fingerprint density at radius 3 is 2.55 bits per heavy atom. The Hall–Kier alpha value is -3.95. The van der Waals surface area contributed by atoms with Crippen molar-refractivity contribution < 1.29 is 0 Å². The van der Waals surface area contributed by atoms with Gasteiger partial charge in [-0.05, 0) is 51.1 Å². The molecule has 38 heavy (non-hydrogen) atoms. The number of nitrogens with zero attached hydrogens (tertiary/aromatic N) is 7. The molecule has 0 N–H and O–H groups in total. The third-order valence-electron chi connectivity index (χ3n) is 6.86. The molecular weight excluding hydrogens is 494 g/mol. The van der Waals surface area contributed by atoms with Crippen LogP contribution in [0.1, 0.15) is 23.3 Å². The Morgan fingerprint density at radius 2 is 1.74 bits per heavy atom. The van der Waals surface area contributed by atoms with E-state index in [1.165, 1.54) is 30.6 Å². The zero-order valence-electron chi connectivity index (χ0n) is 21.3. The number of hydrogen-bond acceptors (Lipinski definition) is 7. The predicted octanol–water partition coefficient (Wildman–Crippen LogP) is 4.74. The monoisotopic (exact) mass is 523 g/mol. The van der Waals surface area contributed by atoms with Gasteiger partial charge in [0.15, 0.2) is 5.82 Å². The van der Waals surface area contributed by atoms with Gasteiger partial charge in [0, 0.05) is 63.7 Å². The molecule has 0 radical (unpaired) electrons. The number of aryl methyl sites for hydroxylation is 1. The van der Waals surface area contributed by atoms with Gasteiger partial charge in [-0.25, -0.2) is 14.6 Å². The summed E-state index contributed by atoms with van der Waals surface area (Å²) in [5, 5.41) is 11.2. The SMILES string of the molecule is Cc1cccc(-c2ccc(=O)n(Cc3cc(-c4ncc(-c5cnn(CCN6CCCC6)c5)cn4)cs3)n2)c1. The summed E-state index contributed by atoms with van der Waals surface area (Å²) in [6.45, 7) is 6.77. The average Bonchev–Trinajstić information content (AvgIpc) is 3.71. The number of likely N-dealkylation sites (tertiary alicyclic amines) is 1. The first-order valence-corrected chi connectivity index (χ1v) is 13.8. The molecule has 0 bridgehead atoms. The number of rotatable bonds is 8. The van der Waals surface area contributed by atoms with Crippen LogP contribution in [0.25, 0.3) is 33.8 Å². The Labute approximate surface area is 225 Å². The highest BCUT2D eigenvalue weighted by molar-refractivity contribution is 7.10. The lowest BCUT2D eigenvalue weighted by molar-refractivity contribution is 0.316. The van der Waals surface area contributed by atoms with E-state index in [1.54, 1.807) is 23.5 Å². The van der Waals surface area contributed by atoms with Crippen LogP contribution < -0.4 is 5.56 Å². The van der Waals surface area contributed by atoms with Crippen LogP contribution in [0.3, 0.4) is 0 Å². The van der Waals surface area contributed by atoms with Crippen molar-refractivity contribution >= 4 is 11.3 Å². The van der Waals surface area contributed by atoms with Gasteiger partial charge in [0.1, 0.15) is 0 Å². The average molecular weight is 524 g/mol. The van der Waals surface area contributed by atoms with Gasteiger partial charge in [0.2, 0.25) is 0 Å². The van der Waals surface area contributed by atoms with Gasteiger partial charge in [0.05, 0.1) is 25.0 Å². The first-order chi connectivity index (χ1) is 18.6. The van der Waals surface area contributed by atoms with E-state index in [-0.39, 0.29) is 5.56 Å². The van der Waals surface area contributed by atoms with E-state index in [4.69, 9.17) is 0 Å². The normalized spacial score (nSPS) is 13.8. The Morgan fingerprint density at radius 1 is 0.895 bits per heavy atom. The molecular formula is C29H29N7OS. The topological polar surface area (TPSA) is 81.7 Å². The maximum atomic E-state index is 12.5. The van der Waals surface area contributed by atoms with Gasteiger partial charge in [0.25, 0.3) is 5.56 Å². The molecule has 1 aromatic carbocycles. The highest BCUT2D eigenvalue weighted by Crippen LogP contribution is 2.25. The van der Waals surface area contributed by atoms with Crippen molar-refractivity contribution in [1.29, 1.82) is 0 Å². The number of benzene rings is 1. The van der Waals surface area contributed by atoms with E-state index in [9.17, 15) is 4.79 Å². The van der Waals surface area contributed by atoms with Crippen molar-refractivity contribution in [2.75, 3.05) is 19.6 Å². The van der Waals surface area contributed by atoms with Crippen LogP contribution in [-0.2, 0) is 13.1 Å². The van der Waals surface area contributed by atoms with Crippen molar-refractivity contribution in [3.8, 4) is 33.8 Å². The van der Waals surface area contributed by atoms with Crippen molar-refractivity contribution in [2.24, 2.45) is 0 Å². The van der Waals surface area contributed by atoms with Crippen LogP contribution in [0.5, 0.6) is 0 Å². The van der Waals surface area contributed by atoms with Gasteiger partial charge in [-0.2, -0.15) is 10.2 Å². The molecule has 192 valence electrons. The quantitative estimate of drug-likeness (QED) is 0.292. The van der Waals surface area contributed by atoms with Crippen molar-refractivity contribution in [2.45, 2.75) is 32.9 Å². The zero-order chi connectivity index (χ0) is 25.9. The molecule has 8 nitrogen and oxygen atoms in total. The molecule has 9 heteroatoms. The first-order valence-electron chi connectivity index (χ1n) is 12.9. The predicted molar refractivity (Wildman–Crippen MR) is 150 cm³/mol. The minimum atomic E-state index is -0.127. The fraction of sp³-hybridized carbons (Fsp3) is 0.276. The fourth-order valence-electron chi connectivity index (χ4n) is 4.76. The third kappa shape index (κ3) is 5.49. The van der Waals surface area contributed by atoms with Crippen molar-refractivity contribution in [3.05, 3.63) is 93.4 Å². The molecule has 5 aromatic rings. The maximum absolute atomic E-state index is 12.5. The van der Waals surface area contributed by atoms with Gasteiger partial charge in [-0.1, -0.05) is 23.8 Å². The van der Waals surface area contributed by atoms with E-state index in [0.717, 1.165) is 51.5 Å². The lowest BCUT2D eigenvalue weighted by Gasteiger charge is -2.13. The zero-order valence-corrected chi connectivity index (χ0v) is 22.1. The van der Waals surface area contributed by atoms with Gasteiger partial charge >= 0.3 is 0 Å². The van der Waals surface area contributed by atoms with Crippen LogP contribution >= 0.6 is 11.3 Å². The number of thiophene rings is 1. The summed E-state index contributed by atoms with van der Waals surface area (Å²) in [4.78, 5) is 25.2. The van der Waals surface area contributed by atoms with E-state index in [0.29, 0.717) is 12.4 Å². The first kappa shape index (κ1) is 24.4. The van der Waals surface area contributed by atoms with Gasteiger partial charge in [-0.3, -0.25) is 9.48 Å². The molecule has 1 fully saturated rings. The summed E-state index contributed by atoms with van der Waals surface area (Å²) in [6.07, 6.45) is 10.2. The maximum Gasteiger partial charge on any atom is 0.267 e. The minimum absolute atomic E-state index is 0.127. The van der Waals surface area contributed by atoms with Crippen molar-refractivity contribution in [3.63, 3.8) is 0 Å². The number of aromatic nitrogens is 6. The molecule has 1 aliphatic rings. The lowest BCUT2D eigenvalue weighted by Crippen LogP contribution is -2.24. The Balaban J connectivity index is 1.13. The Bertz CT molecular complexity index is 1600. The Kier molecular flexibility index (Phi) is 6.94. The molecule has 0 aliphatic carbocycles. The van der Waals surface area contributed by atoms with Crippen molar-refractivity contribution in [1.82, 2.24) is 34.4 Å².